The predicted octanol–water partition coefficient (Wildman–Crippen LogP) is 0.360. The molecule has 0 spiro atoms. The van der Waals surface area contributed by atoms with Crippen molar-refractivity contribution in [1.29, 1.82) is 0 Å². The van der Waals surface area contributed by atoms with Crippen molar-refractivity contribution >= 4 is 12.0 Å². The van der Waals surface area contributed by atoms with E-state index in [0.29, 0.717) is 0 Å². The fourth-order valence-corrected chi connectivity index (χ4v) is 0.743. The van der Waals surface area contributed by atoms with E-state index < -0.39 is 5.91 Å². The summed E-state index contributed by atoms with van der Waals surface area (Å²) < 4.78 is 0. The van der Waals surface area contributed by atoms with Gasteiger partial charge in [0.25, 0.3) is 0 Å². The van der Waals surface area contributed by atoms with E-state index in [-0.39, 0.29) is 5.48 Å². The maximum absolute atomic E-state index is 10.3. The highest BCUT2D eigenvalue weighted by Gasteiger charge is 1.84. The molecule has 3 heteroatoms. The van der Waals surface area contributed by atoms with Crippen LogP contribution in [0.2, 0.25) is 0 Å². The molecule has 0 bridgehead atoms. The van der Waals surface area contributed by atoms with Gasteiger partial charge in [-0.2, -0.15) is 0 Å². The Labute approximate surface area is 70.8 Å². The fourth-order valence-electron chi connectivity index (χ4n) is 0.743. The van der Waals surface area contributed by atoms with E-state index >= 15 is 0 Å². The summed E-state index contributed by atoms with van der Waals surface area (Å²) in [5, 5.41) is 0. The standard InChI is InChI=1S/C9H9NO.H2O/c10-9(11)7-6-8-4-2-1-3-5-8;/h1-7H,(H2,10,11);1H2. The molecule has 0 atom stereocenters. The van der Waals surface area contributed by atoms with Crippen molar-refractivity contribution in [2.45, 2.75) is 0 Å². The largest absolute Gasteiger partial charge is 0.412 e. The molecule has 0 saturated heterocycles. The number of primary amides is 1. The second kappa shape index (κ2) is 5.09. The summed E-state index contributed by atoms with van der Waals surface area (Å²) in [5.74, 6) is -0.422. The van der Waals surface area contributed by atoms with Crippen LogP contribution in [0.3, 0.4) is 0 Å². The Kier molecular flexibility index (Phi) is 4.41. The zero-order valence-corrected chi connectivity index (χ0v) is 6.53. The van der Waals surface area contributed by atoms with Gasteiger partial charge < -0.3 is 11.2 Å². The van der Waals surface area contributed by atoms with E-state index in [1.807, 2.05) is 30.3 Å². The number of rotatable bonds is 2. The van der Waals surface area contributed by atoms with Gasteiger partial charge in [0.15, 0.2) is 0 Å². The number of amides is 1. The van der Waals surface area contributed by atoms with E-state index in [9.17, 15) is 4.79 Å². The Hall–Kier alpha value is -1.61. The lowest BCUT2D eigenvalue weighted by Gasteiger charge is -1.88. The molecule has 0 aliphatic heterocycles. The van der Waals surface area contributed by atoms with Gasteiger partial charge in [0.05, 0.1) is 0 Å². The van der Waals surface area contributed by atoms with Crippen molar-refractivity contribution < 1.29 is 10.3 Å². The first-order chi connectivity index (χ1) is 5.29. The molecule has 1 amide bonds. The Morgan fingerprint density at radius 1 is 1.25 bits per heavy atom. The SMILES string of the molecule is NC(=O)C=Cc1ccccc1.O. The zero-order valence-electron chi connectivity index (χ0n) is 6.53. The maximum atomic E-state index is 10.3. The monoisotopic (exact) mass is 165 g/mol. The summed E-state index contributed by atoms with van der Waals surface area (Å²) in [7, 11) is 0. The molecule has 0 unspecified atom stereocenters. The molecule has 0 saturated carbocycles. The lowest BCUT2D eigenvalue weighted by Crippen LogP contribution is -2.04. The van der Waals surface area contributed by atoms with Gasteiger partial charge >= 0.3 is 0 Å². The van der Waals surface area contributed by atoms with Crippen LogP contribution in [0.15, 0.2) is 36.4 Å². The number of carbonyl (C=O) groups is 1. The lowest BCUT2D eigenvalue weighted by molar-refractivity contribution is -0.113. The van der Waals surface area contributed by atoms with Crippen LogP contribution in [0.5, 0.6) is 0 Å². The molecule has 1 aromatic carbocycles. The topological polar surface area (TPSA) is 74.6 Å². The number of nitrogens with two attached hydrogens (primary N) is 1. The highest BCUT2D eigenvalue weighted by atomic mass is 16.1. The number of benzene rings is 1. The molecule has 4 N–H and O–H groups in total. The third-order valence-corrected chi connectivity index (χ3v) is 1.24. The lowest BCUT2D eigenvalue weighted by atomic mass is 10.2. The molecule has 0 heterocycles. The summed E-state index contributed by atoms with van der Waals surface area (Å²) in [5.41, 5.74) is 5.89. The van der Waals surface area contributed by atoms with Crippen LogP contribution in [-0.4, -0.2) is 11.4 Å². The first kappa shape index (κ1) is 10.4. The molecule has 0 radical (unpaired) electrons. The van der Waals surface area contributed by atoms with E-state index in [1.54, 1.807) is 6.08 Å². The van der Waals surface area contributed by atoms with Gasteiger partial charge in [-0.15, -0.1) is 0 Å². The maximum Gasteiger partial charge on any atom is 0.241 e. The van der Waals surface area contributed by atoms with Gasteiger partial charge in [-0.25, -0.2) is 0 Å². The molecule has 12 heavy (non-hydrogen) atoms. The molecule has 0 aromatic heterocycles. The summed E-state index contributed by atoms with van der Waals surface area (Å²) in [6.45, 7) is 0. The molecule has 0 aliphatic rings. The zero-order chi connectivity index (χ0) is 8.10. The van der Waals surface area contributed by atoms with Crippen LogP contribution in [-0.2, 0) is 4.79 Å². The Bertz CT molecular complexity index is 267. The average molecular weight is 165 g/mol. The molecule has 3 nitrogen and oxygen atoms in total. The van der Waals surface area contributed by atoms with Gasteiger partial charge in [0.2, 0.25) is 5.91 Å². The first-order valence-corrected chi connectivity index (χ1v) is 3.31. The number of hydrogen-bond donors (Lipinski definition) is 1. The molecule has 1 aromatic rings. The molecule has 1 rings (SSSR count). The van der Waals surface area contributed by atoms with E-state index in [1.165, 1.54) is 6.08 Å². The third-order valence-electron chi connectivity index (χ3n) is 1.24. The van der Waals surface area contributed by atoms with Crippen LogP contribution in [0, 0.1) is 0 Å². The van der Waals surface area contributed by atoms with Crippen LogP contribution < -0.4 is 5.73 Å². The van der Waals surface area contributed by atoms with Crippen LogP contribution >= 0.6 is 0 Å². The van der Waals surface area contributed by atoms with Gasteiger partial charge in [0.1, 0.15) is 0 Å². The molecular weight excluding hydrogens is 154 g/mol. The minimum atomic E-state index is -0.422. The highest BCUT2D eigenvalue weighted by Crippen LogP contribution is 1.99. The quantitative estimate of drug-likeness (QED) is 0.631. The van der Waals surface area contributed by atoms with E-state index in [0.717, 1.165) is 5.56 Å². The van der Waals surface area contributed by atoms with Crippen molar-refractivity contribution in [3.05, 3.63) is 42.0 Å². The summed E-state index contributed by atoms with van der Waals surface area (Å²) in [6.07, 6.45) is 3.03. The van der Waals surface area contributed by atoms with Crippen molar-refractivity contribution in [3.8, 4) is 0 Å². The minimum absolute atomic E-state index is 0. The molecule has 64 valence electrons. The van der Waals surface area contributed by atoms with Crippen molar-refractivity contribution in [2.75, 3.05) is 0 Å². The second-order valence-electron chi connectivity index (χ2n) is 2.15. The Morgan fingerprint density at radius 3 is 2.33 bits per heavy atom. The van der Waals surface area contributed by atoms with E-state index in [4.69, 9.17) is 5.73 Å². The highest BCUT2D eigenvalue weighted by molar-refractivity contribution is 5.90. The van der Waals surface area contributed by atoms with Crippen LogP contribution in [0.1, 0.15) is 5.56 Å². The van der Waals surface area contributed by atoms with Gasteiger partial charge in [-0.3, -0.25) is 4.79 Å². The molecular formula is C9H11NO2. The first-order valence-electron chi connectivity index (χ1n) is 3.31. The minimum Gasteiger partial charge on any atom is -0.412 e. The fraction of sp³-hybridized carbons (Fsp3) is 0. The Balaban J connectivity index is 0.00000121. The van der Waals surface area contributed by atoms with E-state index in [2.05, 4.69) is 0 Å². The molecule has 0 fully saturated rings. The molecule has 0 aliphatic carbocycles. The Morgan fingerprint density at radius 2 is 1.83 bits per heavy atom. The van der Waals surface area contributed by atoms with Gasteiger partial charge in [-0.1, -0.05) is 30.3 Å². The van der Waals surface area contributed by atoms with Crippen LogP contribution in [0.25, 0.3) is 6.08 Å². The number of carbonyl (C=O) groups excluding carboxylic acids is 1. The average Bonchev–Trinajstić information content (AvgIpc) is 2.03. The van der Waals surface area contributed by atoms with Crippen molar-refractivity contribution in [2.24, 2.45) is 5.73 Å². The number of hydrogen-bond acceptors (Lipinski definition) is 1. The summed E-state index contributed by atoms with van der Waals surface area (Å²) in [6, 6.07) is 9.53. The van der Waals surface area contributed by atoms with Crippen molar-refractivity contribution in [3.63, 3.8) is 0 Å². The second-order valence-corrected chi connectivity index (χ2v) is 2.15. The smallest absolute Gasteiger partial charge is 0.241 e. The summed E-state index contributed by atoms with van der Waals surface area (Å²) in [4.78, 5) is 10.3. The normalized spacial score (nSPS) is 9.33. The summed E-state index contributed by atoms with van der Waals surface area (Å²) >= 11 is 0. The van der Waals surface area contributed by atoms with Gasteiger partial charge in [-0.05, 0) is 11.6 Å². The predicted molar refractivity (Wildman–Crippen MR) is 48.3 cm³/mol. The van der Waals surface area contributed by atoms with Gasteiger partial charge in [0, 0.05) is 6.08 Å². The third kappa shape index (κ3) is 3.53. The van der Waals surface area contributed by atoms with Crippen LogP contribution in [0.4, 0.5) is 0 Å². The van der Waals surface area contributed by atoms with Crippen molar-refractivity contribution in [1.82, 2.24) is 0 Å².